The van der Waals surface area contributed by atoms with Gasteiger partial charge in [0.05, 0.1) is 6.61 Å². The van der Waals surface area contributed by atoms with E-state index < -0.39 is 32.5 Å². The third-order valence-electron chi connectivity index (χ3n) is 8.32. The lowest BCUT2D eigenvalue weighted by molar-refractivity contribution is -0.161. The monoisotopic (exact) mass is 725 g/mol. The smallest absolute Gasteiger partial charge is 0.462 e. The van der Waals surface area contributed by atoms with Crippen molar-refractivity contribution in [2.45, 2.75) is 187 Å². The summed E-state index contributed by atoms with van der Waals surface area (Å²) in [5.41, 5.74) is 0. The first-order chi connectivity index (χ1) is 24.3. The van der Waals surface area contributed by atoms with Crippen LogP contribution in [0.1, 0.15) is 181 Å². The lowest BCUT2D eigenvalue weighted by atomic mass is 10.1. The first-order valence-corrected chi connectivity index (χ1v) is 21.5. The second-order valence-electron chi connectivity index (χ2n) is 13.2. The number of esters is 2. The largest absolute Gasteiger partial charge is 0.469 e. The van der Waals surface area contributed by atoms with Gasteiger partial charge >= 0.3 is 19.8 Å². The van der Waals surface area contributed by atoms with E-state index in [1.807, 2.05) is 0 Å². The highest BCUT2D eigenvalue weighted by Gasteiger charge is 2.22. The van der Waals surface area contributed by atoms with E-state index in [1.165, 1.54) is 64.2 Å². The summed E-state index contributed by atoms with van der Waals surface area (Å²) < 4.78 is 26.3. The fourth-order valence-corrected chi connectivity index (χ4v) is 5.67. The lowest BCUT2D eigenvalue weighted by Gasteiger charge is -2.18. The van der Waals surface area contributed by atoms with Gasteiger partial charge in [0, 0.05) is 12.8 Å². The molecule has 8 nitrogen and oxygen atoms in total. The van der Waals surface area contributed by atoms with Crippen LogP contribution in [0.3, 0.4) is 0 Å². The predicted octanol–water partition coefficient (Wildman–Crippen LogP) is 12.0. The van der Waals surface area contributed by atoms with Crippen LogP contribution in [-0.2, 0) is 28.2 Å². The number of phosphoric ester groups is 1. The molecule has 0 fully saturated rings. The van der Waals surface area contributed by atoms with E-state index in [4.69, 9.17) is 19.3 Å². The van der Waals surface area contributed by atoms with Crippen molar-refractivity contribution in [3.8, 4) is 0 Å². The maximum absolute atomic E-state index is 12.4. The van der Waals surface area contributed by atoms with Crippen LogP contribution in [0, 0.1) is 0 Å². The summed E-state index contributed by atoms with van der Waals surface area (Å²) in [4.78, 5) is 42.8. The van der Waals surface area contributed by atoms with Crippen molar-refractivity contribution in [2.24, 2.45) is 0 Å². The molecule has 0 aliphatic carbocycles. The molecule has 0 spiro atoms. The first kappa shape index (κ1) is 48.0. The van der Waals surface area contributed by atoms with Crippen LogP contribution in [0.15, 0.2) is 48.6 Å². The highest BCUT2D eigenvalue weighted by Crippen LogP contribution is 2.36. The highest BCUT2D eigenvalue weighted by molar-refractivity contribution is 7.46. The van der Waals surface area contributed by atoms with Crippen molar-refractivity contribution in [2.75, 3.05) is 13.2 Å². The Morgan fingerprint density at radius 1 is 0.520 bits per heavy atom. The Morgan fingerprint density at radius 3 is 1.32 bits per heavy atom. The summed E-state index contributed by atoms with van der Waals surface area (Å²) in [5, 5.41) is 0. The van der Waals surface area contributed by atoms with Crippen LogP contribution >= 0.6 is 7.82 Å². The number of unbranched alkanes of at least 4 members (excludes halogenated alkanes) is 18. The molecule has 0 radical (unpaired) electrons. The topological polar surface area (TPSA) is 119 Å². The van der Waals surface area contributed by atoms with Gasteiger partial charge in [0.15, 0.2) is 6.10 Å². The highest BCUT2D eigenvalue weighted by atomic mass is 31.2. The Kier molecular flexibility index (Phi) is 35.3. The Bertz CT molecular complexity index is 952. The normalized spacial score (nSPS) is 13.0. The van der Waals surface area contributed by atoms with Crippen molar-refractivity contribution in [1.82, 2.24) is 0 Å². The summed E-state index contributed by atoms with van der Waals surface area (Å²) in [5.74, 6) is -0.918. The second kappa shape index (κ2) is 36.8. The van der Waals surface area contributed by atoms with Gasteiger partial charge in [-0.2, -0.15) is 0 Å². The lowest BCUT2D eigenvalue weighted by Crippen LogP contribution is -2.29. The number of hydrogen-bond acceptors (Lipinski definition) is 6. The fourth-order valence-electron chi connectivity index (χ4n) is 5.31. The molecule has 0 aliphatic rings. The molecule has 0 saturated heterocycles. The molecular weight excluding hydrogens is 651 g/mol. The van der Waals surface area contributed by atoms with Crippen LogP contribution in [0.25, 0.3) is 0 Å². The summed E-state index contributed by atoms with van der Waals surface area (Å²) in [6.07, 6.45) is 43.9. The number of carbonyl (C=O) groups excluding carboxylic acids is 2. The van der Waals surface area contributed by atoms with E-state index in [1.54, 1.807) is 0 Å². The molecule has 0 aromatic heterocycles. The molecule has 0 rings (SSSR count). The molecule has 1 atom stereocenters. The van der Waals surface area contributed by atoms with E-state index in [0.717, 1.165) is 77.0 Å². The molecule has 0 aromatic carbocycles. The number of phosphoric acid groups is 1. The molecule has 0 saturated carbocycles. The zero-order chi connectivity index (χ0) is 36.8. The van der Waals surface area contributed by atoms with Gasteiger partial charge in [-0.1, -0.05) is 140 Å². The zero-order valence-corrected chi connectivity index (χ0v) is 32.7. The van der Waals surface area contributed by atoms with Crippen LogP contribution < -0.4 is 0 Å². The molecule has 0 bridgehead atoms. The second-order valence-corrected chi connectivity index (χ2v) is 14.5. The summed E-state index contributed by atoms with van der Waals surface area (Å²) in [6, 6.07) is 0. The van der Waals surface area contributed by atoms with Crippen molar-refractivity contribution >= 4 is 19.8 Å². The van der Waals surface area contributed by atoms with E-state index in [9.17, 15) is 14.2 Å². The molecule has 0 aliphatic heterocycles. The minimum Gasteiger partial charge on any atom is -0.462 e. The average Bonchev–Trinajstić information content (AvgIpc) is 3.08. The van der Waals surface area contributed by atoms with Gasteiger partial charge in [0.1, 0.15) is 6.61 Å². The molecule has 2 N–H and O–H groups in total. The Morgan fingerprint density at radius 2 is 0.900 bits per heavy atom. The number of hydrogen-bond donors (Lipinski definition) is 2. The SMILES string of the molecule is CCCCCC/C=C\C/C=C\CCCCCCCC(=O)OCC(COP(=O)(O)O)OC(=O)CCCCCCC/C=C\C/C=C\CCCCCC. The zero-order valence-electron chi connectivity index (χ0n) is 31.8. The van der Waals surface area contributed by atoms with Crippen molar-refractivity contribution in [1.29, 1.82) is 0 Å². The van der Waals surface area contributed by atoms with Gasteiger partial charge in [-0.3, -0.25) is 14.1 Å². The van der Waals surface area contributed by atoms with Crippen molar-refractivity contribution in [3.63, 3.8) is 0 Å². The van der Waals surface area contributed by atoms with Crippen LogP contribution in [-0.4, -0.2) is 41.0 Å². The van der Waals surface area contributed by atoms with E-state index in [2.05, 4.69) is 67.0 Å². The Balaban J connectivity index is 4.00. The maximum atomic E-state index is 12.4. The molecule has 50 heavy (non-hydrogen) atoms. The van der Waals surface area contributed by atoms with Crippen LogP contribution in [0.4, 0.5) is 0 Å². The predicted molar refractivity (Wildman–Crippen MR) is 207 cm³/mol. The molecule has 290 valence electrons. The van der Waals surface area contributed by atoms with Gasteiger partial charge in [-0.25, -0.2) is 4.57 Å². The minimum atomic E-state index is -4.76. The molecule has 0 amide bonds. The molecule has 0 heterocycles. The standard InChI is InChI=1S/C41H73O8P/c1-3-5-7-9-11-13-15-17-19-21-23-25-27-29-31-33-35-40(42)47-37-39(38-48-50(44,45)46)49-41(43)36-34-32-30-28-26-24-22-20-18-16-14-12-10-8-6-4-2/h13-16,19-22,39H,3-12,17-18,23-38H2,1-2H3,(H2,44,45,46)/b15-13-,16-14-,21-19-,22-20-. The Labute approximate surface area is 305 Å². The van der Waals surface area contributed by atoms with Crippen molar-refractivity contribution in [3.05, 3.63) is 48.6 Å². The quantitative estimate of drug-likeness (QED) is 0.0284. The number of ether oxygens (including phenoxy) is 2. The third kappa shape index (κ3) is 38.8. The summed E-state index contributed by atoms with van der Waals surface area (Å²) in [7, 11) is -4.76. The third-order valence-corrected chi connectivity index (χ3v) is 8.81. The van der Waals surface area contributed by atoms with Gasteiger partial charge in [0.2, 0.25) is 0 Å². The molecule has 0 aromatic rings. The van der Waals surface area contributed by atoms with Gasteiger partial charge in [-0.15, -0.1) is 0 Å². The van der Waals surface area contributed by atoms with Crippen LogP contribution in [0.5, 0.6) is 0 Å². The number of allylic oxidation sites excluding steroid dienone is 8. The first-order valence-electron chi connectivity index (χ1n) is 19.9. The van der Waals surface area contributed by atoms with Crippen molar-refractivity contribution < 1.29 is 37.9 Å². The van der Waals surface area contributed by atoms with E-state index in [0.29, 0.717) is 12.8 Å². The average molecular weight is 725 g/mol. The summed E-state index contributed by atoms with van der Waals surface area (Å²) >= 11 is 0. The molecule has 9 heteroatoms. The van der Waals surface area contributed by atoms with Gasteiger partial charge in [0.25, 0.3) is 0 Å². The van der Waals surface area contributed by atoms with E-state index >= 15 is 0 Å². The minimum absolute atomic E-state index is 0.192. The summed E-state index contributed by atoms with van der Waals surface area (Å²) in [6.45, 7) is 3.62. The van der Waals surface area contributed by atoms with Gasteiger partial charge in [-0.05, 0) is 77.0 Å². The van der Waals surface area contributed by atoms with Gasteiger partial charge < -0.3 is 19.3 Å². The fraction of sp³-hybridized carbons (Fsp3) is 0.756. The maximum Gasteiger partial charge on any atom is 0.469 e. The number of carbonyl (C=O) groups is 2. The Hall–Kier alpha value is -1.99. The van der Waals surface area contributed by atoms with Crippen LogP contribution in [0.2, 0.25) is 0 Å². The van der Waals surface area contributed by atoms with E-state index in [-0.39, 0.29) is 19.4 Å². The molecular formula is C41H73O8P. The number of rotatable bonds is 36. The molecule has 1 unspecified atom stereocenters.